The monoisotopic (exact) mass is 367 g/mol. The molecular formula is C17H25N3O6. The SMILES string of the molecule is COCCNc1ccc([N+](=O)[O-])cc1C(=O)OCC(=O)N[C@H](C)C(C)C. The van der Waals surface area contributed by atoms with Crippen LogP contribution in [0.5, 0.6) is 0 Å². The molecule has 26 heavy (non-hydrogen) atoms. The molecule has 1 aromatic rings. The molecule has 1 atom stereocenters. The molecule has 0 aliphatic carbocycles. The van der Waals surface area contributed by atoms with Crippen LogP contribution in [0.15, 0.2) is 18.2 Å². The number of benzene rings is 1. The Balaban J connectivity index is 2.82. The molecule has 0 aliphatic rings. The average molecular weight is 367 g/mol. The van der Waals surface area contributed by atoms with E-state index in [0.717, 1.165) is 6.07 Å². The van der Waals surface area contributed by atoms with Crippen LogP contribution in [0, 0.1) is 16.0 Å². The summed E-state index contributed by atoms with van der Waals surface area (Å²) >= 11 is 0. The first-order valence-electron chi connectivity index (χ1n) is 8.24. The molecule has 1 amide bonds. The van der Waals surface area contributed by atoms with E-state index in [1.54, 1.807) is 0 Å². The smallest absolute Gasteiger partial charge is 0.341 e. The first-order valence-corrected chi connectivity index (χ1v) is 8.24. The van der Waals surface area contributed by atoms with Gasteiger partial charge < -0.3 is 20.1 Å². The van der Waals surface area contributed by atoms with E-state index in [1.165, 1.54) is 19.2 Å². The molecule has 0 aliphatic heterocycles. The van der Waals surface area contributed by atoms with Gasteiger partial charge in [0.2, 0.25) is 0 Å². The van der Waals surface area contributed by atoms with E-state index in [-0.39, 0.29) is 23.2 Å². The van der Waals surface area contributed by atoms with Crippen molar-refractivity contribution in [1.29, 1.82) is 0 Å². The molecule has 0 heterocycles. The van der Waals surface area contributed by atoms with Crippen molar-refractivity contribution in [3.63, 3.8) is 0 Å². The number of rotatable bonds is 10. The lowest BCUT2D eigenvalue weighted by molar-refractivity contribution is -0.384. The van der Waals surface area contributed by atoms with E-state index in [0.29, 0.717) is 18.8 Å². The Hall–Kier alpha value is -2.68. The van der Waals surface area contributed by atoms with E-state index in [9.17, 15) is 19.7 Å². The van der Waals surface area contributed by atoms with Gasteiger partial charge in [-0.25, -0.2) is 4.79 Å². The second-order valence-electron chi connectivity index (χ2n) is 6.08. The zero-order valence-corrected chi connectivity index (χ0v) is 15.4. The lowest BCUT2D eigenvalue weighted by atomic mass is 10.1. The summed E-state index contributed by atoms with van der Waals surface area (Å²) < 4.78 is 9.93. The fourth-order valence-corrected chi connectivity index (χ4v) is 1.93. The number of hydrogen-bond acceptors (Lipinski definition) is 7. The van der Waals surface area contributed by atoms with Crippen LogP contribution in [-0.2, 0) is 14.3 Å². The van der Waals surface area contributed by atoms with Crippen molar-refractivity contribution >= 4 is 23.3 Å². The quantitative estimate of drug-likeness (QED) is 0.281. The lowest BCUT2D eigenvalue weighted by Crippen LogP contribution is -2.38. The molecule has 0 saturated carbocycles. The maximum atomic E-state index is 12.3. The van der Waals surface area contributed by atoms with Crippen LogP contribution in [0.3, 0.4) is 0 Å². The number of non-ortho nitro benzene ring substituents is 1. The Morgan fingerprint density at radius 3 is 2.54 bits per heavy atom. The van der Waals surface area contributed by atoms with Gasteiger partial charge in [0.25, 0.3) is 11.6 Å². The number of anilines is 1. The molecule has 0 aromatic heterocycles. The number of ether oxygens (including phenoxy) is 2. The number of nitrogens with zero attached hydrogens (tertiary/aromatic N) is 1. The molecule has 0 saturated heterocycles. The largest absolute Gasteiger partial charge is 0.452 e. The number of nitro benzene ring substituents is 1. The summed E-state index contributed by atoms with van der Waals surface area (Å²) in [6.07, 6.45) is 0. The van der Waals surface area contributed by atoms with Crippen LogP contribution in [0.2, 0.25) is 0 Å². The van der Waals surface area contributed by atoms with Gasteiger partial charge in [0.05, 0.1) is 17.1 Å². The van der Waals surface area contributed by atoms with Crippen LogP contribution in [0.4, 0.5) is 11.4 Å². The summed E-state index contributed by atoms with van der Waals surface area (Å²) in [5.41, 5.74) is 0.112. The number of hydrogen-bond donors (Lipinski definition) is 2. The summed E-state index contributed by atoms with van der Waals surface area (Å²) in [7, 11) is 1.53. The van der Waals surface area contributed by atoms with Gasteiger partial charge in [0, 0.05) is 37.5 Å². The van der Waals surface area contributed by atoms with Gasteiger partial charge in [0.15, 0.2) is 6.61 Å². The third-order valence-electron chi connectivity index (χ3n) is 3.78. The third kappa shape index (κ3) is 6.67. The highest BCUT2D eigenvalue weighted by Crippen LogP contribution is 2.23. The van der Waals surface area contributed by atoms with Gasteiger partial charge in [0.1, 0.15) is 0 Å². The van der Waals surface area contributed by atoms with Crippen molar-refractivity contribution < 1.29 is 24.0 Å². The van der Waals surface area contributed by atoms with Gasteiger partial charge in [-0.15, -0.1) is 0 Å². The van der Waals surface area contributed by atoms with Gasteiger partial charge in [-0.05, 0) is 18.9 Å². The number of methoxy groups -OCH3 is 1. The van der Waals surface area contributed by atoms with E-state index in [2.05, 4.69) is 10.6 Å². The Bertz CT molecular complexity index is 647. The van der Waals surface area contributed by atoms with Gasteiger partial charge in [-0.1, -0.05) is 13.8 Å². The van der Waals surface area contributed by atoms with E-state index in [1.807, 2.05) is 20.8 Å². The maximum Gasteiger partial charge on any atom is 0.341 e. The van der Waals surface area contributed by atoms with Crippen molar-refractivity contribution in [2.75, 3.05) is 32.2 Å². The molecule has 0 radical (unpaired) electrons. The second-order valence-corrected chi connectivity index (χ2v) is 6.08. The van der Waals surface area contributed by atoms with E-state index < -0.39 is 23.4 Å². The first-order chi connectivity index (χ1) is 12.3. The topological polar surface area (TPSA) is 120 Å². The molecule has 0 fully saturated rings. The van der Waals surface area contributed by atoms with Crippen LogP contribution >= 0.6 is 0 Å². The first kappa shape index (κ1) is 21.4. The van der Waals surface area contributed by atoms with Crippen LogP contribution in [0.25, 0.3) is 0 Å². The number of nitrogens with one attached hydrogen (secondary N) is 2. The summed E-state index contributed by atoms with van der Waals surface area (Å²) in [6, 6.07) is 3.76. The van der Waals surface area contributed by atoms with Crippen molar-refractivity contribution in [2.24, 2.45) is 5.92 Å². The average Bonchev–Trinajstić information content (AvgIpc) is 2.59. The van der Waals surface area contributed by atoms with Gasteiger partial charge in [-0.2, -0.15) is 0 Å². The highest BCUT2D eigenvalue weighted by molar-refractivity contribution is 5.97. The van der Waals surface area contributed by atoms with Crippen molar-refractivity contribution in [3.8, 4) is 0 Å². The Kier molecular flexibility index (Phi) is 8.50. The van der Waals surface area contributed by atoms with Crippen molar-refractivity contribution in [3.05, 3.63) is 33.9 Å². The molecule has 9 nitrogen and oxygen atoms in total. The predicted molar refractivity (Wildman–Crippen MR) is 96.2 cm³/mol. The standard InChI is InChI=1S/C17H25N3O6/c1-11(2)12(3)19-16(21)10-26-17(22)14-9-13(20(23)24)5-6-15(14)18-7-8-25-4/h5-6,9,11-12,18H,7-8,10H2,1-4H3,(H,19,21)/t12-/m1/s1. The van der Waals surface area contributed by atoms with Crippen molar-refractivity contribution in [2.45, 2.75) is 26.8 Å². The lowest BCUT2D eigenvalue weighted by Gasteiger charge is -2.17. The fourth-order valence-electron chi connectivity index (χ4n) is 1.93. The van der Waals surface area contributed by atoms with Crippen LogP contribution in [-0.4, -0.2) is 49.7 Å². The van der Waals surface area contributed by atoms with Crippen molar-refractivity contribution in [1.82, 2.24) is 5.32 Å². The normalized spacial score (nSPS) is 11.7. The summed E-state index contributed by atoms with van der Waals surface area (Å²) in [5.74, 6) is -1.01. The molecule has 2 N–H and O–H groups in total. The Morgan fingerprint density at radius 1 is 1.27 bits per heavy atom. The molecule has 0 bridgehead atoms. The van der Waals surface area contributed by atoms with Gasteiger partial charge in [-0.3, -0.25) is 14.9 Å². The van der Waals surface area contributed by atoms with Gasteiger partial charge >= 0.3 is 5.97 Å². The highest BCUT2D eigenvalue weighted by Gasteiger charge is 2.19. The highest BCUT2D eigenvalue weighted by atomic mass is 16.6. The molecule has 1 rings (SSSR count). The molecule has 0 spiro atoms. The van der Waals surface area contributed by atoms with E-state index in [4.69, 9.17) is 9.47 Å². The summed E-state index contributed by atoms with van der Waals surface area (Å²) in [4.78, 5) is 34.5. The summed E-state index contributed by atoms with van der Waals surface area (Å²) in [5, 5.41) is 16.6. The Morgan fingerprint density at radius 2 is 1.96 bits per heavy atom. The van der Waals surface area contributed by atoms with Crippen LogP contribution < -0.4 is 10.6 Å². The Labute approximate surface area is 152 Å². The van der Waals surface area contributed by atoms with E-state index >= 15 is 0 Å². The summed E-state index contributed by atoms with van der Waals surface area (Å²) in [6.45, 7) is 6.09. The number of amides is 1. The number of esters is 1. The molecule has 1 aromatic carbocycles. The number of carbonyl (C=O) groups excluding carboxylic acids is 2. The predicted octanol–water partition coefficient (Wildman–Crippen LogP) is 1.97. The maximum absolute atomic E-state index is 12.3. The minimum absolute atomic E-state index is 0.0139. The molecule has 0 unspecified atom stereocenters. The number of nitro groups is 1. The minimum Gasteiger partial charge on any atom is -0.452 e. The zero-order chi connectivity index (χ0) is 19.7. The van der Waals surface area contributed by atoms with Crippen LogP contribution in [0.1, 0.15) is 31.1 Å². The second kappa shape index (κ2) is 10.3. The molecular weight excluding hydrogens is 342 g/mol. The fraction of sp³-hybridized carbons (Fsp3) is 0.529. The zero-order valence-electron chi connectivity index (χ0n) is 15.4. The molecule has 9 heteroatoms. The minimum atomic E-state index is -0.819. The third-order valence-corrected chi connectivity index (χ3v) is 3.78. The molecule has 144 valence electrons. The number of carbonyl (C=O) groups is 2.